The molecule has 2 rings (SSSR count). The van der Waals surface area contributed by atoms with Crippen LogP contribution in [0.5, 0.6) is 0 Å². The van der Waals surface area contributed by atoms with Gasteiger partial charge in [-0.25, -0.2) is 0 Å². The van der Waals surface area contributed by atoms with Crippen molar-refractivity contribution in [3.63, 3.8) is 0 Å². The first kappa shape index (κ1) is 13.0. The van der Waals surface area contributed by atoms with Crippen molar-refractivity contribution < 1.29 is 0 Å². The van der Waals surface area contributed by atoms with Gasteiger partial charge >= 0.3 is 0 Å². The van der Waals surface area contributed by atoms with E-state index < -0.39 is 0 Å². The quantitative estimate of drug-likeness (QED) is 0.873. The molecule has 0 saturated heterocycles. The Morgan fingerprint density at radius 2 is 1.61 bits per heavy atom. The fourth-order valence-corrected chi connectivity index (χ4v) is 2.07. The number of nitrogen functional groups attached to an aromatic ring is 1. The van der Waals surface area contributed by atoms with Crippen LogP contribution in [-0.2, 0) is 6.42 Å². The molecule has 0 bridgehead atoms. The highest BCUT2D eigenvalue weighted by Crippen LogP contribution is 2.16. The fourth-order valence-electron chi connectivity index (χ4n) is 1.81. The molecular weight excluding hydrogens is 288 g/mol. The van der Waals surface area contributed by atoms with Gasteiger partial charge < -0.3 is 10.6 Å². The van der Waals surface area contributed by atoms with Gasteiger partial charge in [-0.1, -0.05) is 28.1 Å². The van der Waals surface area contributed by atoms with Crippen LogP contribution in [0.1, 0.15) is 5.56 Å². The predicted octanol–water partition coefficient (Wildman–Crippen LogP) is 3.71. The van der Waals surface area contributed by atoms with Crippen molar-refractivity contribution in [2.24, 2.45) is 0 Å². The standard InChI is InChI=1S/C15H17BrN2/c1-18(15-8-6-14(17)7-9-15)11-10-12-2-4-13(16)5-3-12/h2-9H,10-11,17H2,1H3. The van der Waals surface area contributed by atoms with Gasteiger partial charge in [-0.2, -0.15) is 0 Å². The second-order valence-electron chi connectivity index (χ2n) is 4.39. The number of rotatable bonds is 4. The first-order chi connectivity index (χ1) is 8.65. The van der Waals surface area contributed by atoms with Gasteiger partial charge in [0, 0.05) is 29.4 Å². The molecule has 2 N–H and O–H groups in total. The molecule has 0 fully saturated rings. The lowest BCUT2D eigenvalue weighted by atomic mass is 10.1. The molecule has 0 radical (unpaired) electrons. The lowest BCUT2D eigenvalue weighted by Crippen LogP contribution is -2.20. The molecule has 0 amide bonds. The maximum Gasteiger partial charge on any atom is 0.0365 e. The van der Waals surface area contributed by atoms with Gasteiger partial charge in [0.2, 0.25) is 0 Å². The maximum absolute atomic E-state index is 5.68. The molecule has 2 aromatic rings. The third-order valence-corrected chi connectivity index (χ3v) is 3.51. The van der Waals surface area contributed by atoms with Gasteiger partial charge in [-0.15, -0.1) is 0 Å². The number of hydrogen-bond acceptors (Lipinski definition) is 2. The number of hydrogen-bond donors (Lipinski definition) is 1. The Balaban J connectivity index is 1.93. The van der Waals surface area contributed by atoms with E-state index in [0.29, 0.717) is 0 Å². The molecule has 3 heteroatoms. The van der Waals surface area contributed by atoms with Crippen LogP contribution >= 0.6 is 15.9 Å². The van der Waals surface area contributed by atoms with Crippen LogP contribution in [0.4, 0.5) is 11.4 Å². The van der Waals surface area contributed by atoms with E-state index >= 15 is 0 Å². The van der Waals surface area contributed by atoms with Crippen molar-refractivity contribution in [1.82, 2.24) is 0 Å². The molecule has 0 aromatic heterocycles. The zero-order valence-corrected chi connectivity index (χ0v) is 12.0. The minimum atomic E-state index is 0.806. The number of nitrogens with two attached hydrogens (primary N) is 1. The minimum absolute atomic E-state index is 0.806. The third kappa shape index (κ3) is 3.50. The van der Waals surface area contributed by atoms with Gasteiger partial charge in [0.15, 0.2) is 0 Å². The molecule has 18 heavy (non-hydrogen) atoms. The minimum Gasteiger partial charge on any atom is -0.399 e. The third-order valence-electron chi connectivity index (χ3n) is 2.98. The van der Waals surface area contributed by atoms with Crippen molar-refractivity contribution in [3.8, 4) is 0 Å². The number of nitrogens with zero attached hydrogens (tertiary/aromatic N) is 1. The summed E-state index contributed by atoms with van der Waals surface area (Å²) in [6, 6.07) is 16.4. The van der Waals surface area contributed by atoms with E-state index in [2.05, 4.69) is 64.3 Å². The van der Waals surface area contributed by atoms with Crippen molar-refractivity contribution in [3.05, 3.63) is 58.6 Å². The summed E-state index contributed by atoms with van der Waals surface area (Å²) in [5.41, 5.74) is 9.03. The maximum atomic E-state index is 5.68. The SMILES string of the molecule is CN(CCc1ccc(Br)cc1)c1ccc(N)cc1. The Labute approximate surface area is 117 Å². The molecule has 0 atom stereocenters. The fraction of sp³-hybridized carbons (Fsp3) is 0.200. The van der Waals surface area contributed by atoms with Gasteiger partial charge in [0.05, 0.1) is 0 Å². The van der Waals surface area contributed by atoms with Crippen LogP contribution in [0.3, 0.4) is 0 Å². The highest BCUT2D eigenvalue weighted by molar-refractivity contribution is 9.10. The van der Waals surface area contributed by atoms with Crippen LogP contribution in [0.2, 0.25) is 0 Å². The molecule has 0 spiro atoms. The largest absolute Gasteiger partial charge is 0.399 e. The summed E-state index contributed by atoms with van der Waals surface area (Å²) in [4.78, 5) is 2.24. The van der Waals surface area contributed by atoms with Crippen molar-refractivity contribution in [2.75, 3.05) is 24.2 Å². The summed E-state index contributed by atoms with van der Waals surface area (Å²) >= 11 is 3.45. The number of halogens is 1. The van der Waals surface area contributed by atoms with E-state index in [1.54, 1.807) is 0 Å². The lowest BCUT2D eigenvalue weighted by Gasteiger charge is -2.19. The Morgan fingerprint density at radius 1 is 1.00 bits per heavy atom. The molecule has 2 aromatic carbocycles. The Hall–Kier alpha value is -1.48. The van der Waals surface area contributed by atoms with Gasteiger partial charge in [0.25, 0.3) is 0 Å². The molecular formula is C15H17BrN2. The van der Waals surface area contributed by atoms with E-state index in [1.807, 2.05) is 12.1 Å². The van der Waals surface area contributed by atoms with E-state index in [1.165, 1.54) is 11.3 Å². The monoisotopic (exact) mass is 304 g/mol. The number of anilines is 2. The first-order valence-corrected chi connectivity index (χ1v) is 6.75. The highest BCUT2D eigenvalue weighted by atomic mass is 79.9. The van der Waals surface area contributed by atoms with Gasteiger partial charge in [-0.3, -0.25) is 0 Å². The van der Waals surface area contributed by atoms with Gasteiger partial charge in [0.1, 0.15) is 0 Å². The Kier molecular flexibility index (Phi) is 4.26. The summed E-state index contributed by atoms with van der Waals surface area (Å²) in [6.07, 6.45) is 1.04. The normalized spacial score (nSPS) is 10.3. The summed E-state index contributed by atoms with van der Waals surface area (Å²) in [7, 11) is 2.10. The van der Waals surface area contributed by atoms with E-state index in [4.69, 9.17) is 5.73 Å². The average molecular weight is 305 g/mol. The topological polar surface area (TPSA) is 29.3 Å². The second-order valence-corrected chi connectivity index (χ2v) is 5.31. The summed E-state index contributed by atoms with van der Waals surface area (Å²) < 4.78 is 1.12. The summed E-state index contributed by atoms with van der Waals surface area (Å²) in [5.74, 6) is 0. The van der Waals surface area contributed by atoms with Crippen LogP contribution in [0.15, 0.2) is 53.0 Å². The Bertz CT molecular complexity index is 491. The summed E-state index contributed by atoms with van der Waals surface area (Å²) in [5, 5.41) is 0. The van der Waals surface area contributed by atoms with Crippen molar-refractivity contribution in [1.29, 1.82) is 0 Å². The van der Waals surface area contributed by atoms with Crippen LogP contribution < -0.4 is 10.6 Å². The smallest absolute Gasteiger partial charge is 0.0365 e. The van der Waals surface area contributed by atoms with Gasteiger partial charge in [-0.05, 0) is 48.4 Å². The number of benzene rings is 2. The van der Waals surface area contributed by atoms with Crippen LogP contribution in [-0.4, -0.2) is 13.6 Å². The molecule has 2 nitrogen and oxygen atoms in total. The first-order valence-electron chi connectivity index (χ1n) is 5.96. The van der Waals surface area contributed by atoms with E-state index in [0.717, 1.165) is 23.1 Å². The average Bonchev–Trinajstić information content (AvgIpc) is 2.38. The molecule has 0 aliphatic carbocycles. The summed E-state index contributed by atoms with van der Waals surface area (Å²) in [6.45, 7) is 0.992. The highest BCUT2D eigenvalue weighted by Gasteiger charge is 2.01. The Morgan fingerprint density at radius 3 is 2.22 bits per heavy atom. The van der Waals surface area contributed by atoms with Crippen molar-refractivity contribution in [2.45, 2.75) is 6.42 Å². The molecule has 0 heterocycles. The molecule has 0 aliphatic rings. The molecule has 0 saturated carbocycles. The predicted molar refractivity (Wildman–Crippen MR) is 82.0 cm³/mol. The van der Waals surface area contributed by atoms with E-state index in [-0.39, 0.29) is 0 Å². The zero-order valence-electron chi connectivity index (χ0n) is 10.4. The van der Waals surface area contributed by atoms with E-state index in [9.17, 15) is 0 Å². The van der Waals surface area contributed by atoms with Crippen molar-refractivity contribution >= 4 is 27.3 Å². The molecule has 94 valence electrons. The lowest BCUT2D eigenvalue weighted by molar-refractivity contribution is 0.877. The molecule has 0 aliphatic heterocycles. The molecule has 0 unspecified atom stereocenters. The van der Waals surface area contributed by atoms with Crippen LogP contribution in [0.25, 0.3) is 0 Å². The van der Waals surface area contributed by atoms with Crippen LogP contribution in [0, 0.1) is 0 Å². The second kappa shape index (κ2) is 5.91. The number of likely N-dealkylation sites (N-methyl/N-ethyl adjacent to an activating group) is 1. The zero-order chi connectivity index (χ0) is 13.0.